The molecular formula is C9H6INO2S. The Morgan fingerprint density at radius 3 is 2.86 bits per heavy atom. The first-order valence-corrected chi connectivity index (χ1v) is 5.88. The molecule has 2 aromatic rings. The van der Waals surface area contributed by atoms with Crippen LogP contribution in [0.2, 0.25) is 0 Å². The molecule has 0 spiro atoms. The number of nitrogens with zero attached hydrogens (tertiary/aromatic N) is 1. The molecule has 72 valence electrons. The standard InChI is InChI=1S/C9H6INO2S/c1-5-4-14-9-7(11(12)13)3-2-6(10)8(5)9/h2-4H,1H3. The van der Waals surface area contributed by atoms with E-state index in [4.69, 9.17) is 0 Å². The molecule has 0 atom stereocenters. The van der Waals surface area contributed by atoms with Gasteiger partial charge in [0.25, 0.3) is 5.69 Å². The summed E-state index contributed by atoms with van der Waals surface area (Å²) in [6.45, 7) is 1.98. The third-order valence-electron chi connectivity index (χ3n) is 2.03. The lowest BCUT2D eigenvalue weighted by Crippen LogP contribution is -1.88. The summed E-state index contributed by atoms with van der Waals surface area (Å²) in [5.74, 6) is 0. The molecular weight excluding hydrogens is 313 g/mol. The topological polar surface area (TPSA) is 43.1 Å². The number of nitro groups is 1. The highest BCUT2D eigenvalue weighted by Gasteiger charge is 2.16. The van der Waals surface area contributed by atoms with E-state index in [-0.39, 0.29) is 10.6 Å². The van der Waals surface area contributed by atoms with E-state index >= 15 is 0 Å². The highest BCUT2D eigenvalue weighted by molar-refractivity contribution is 14.1. The van der Waals surface area contributed by atoms with Gasteiger partial charge in [0.15, 0.2) is 0 Å². The Labute approximate surface area is 98.0 Å². The lowest BCUT2D eigenvalue weighted by atomic mass is 10.2. The molecule has 0 bridgehead atoms. The predicted octanol–water partition coefficient (Wildman–Crippen LogP) is 3.72. The summed E-state index contributed by atoms with van der Waals surface area (Å²) in [6, 6.07) is 3.36. The fourth-order valence-corrected chi connectivity index (χ4v) is 3.51. The van der Waals surface area contributed by atoms with Crippen LogP contribution in [-0.2, 0) is 0 Å². The van der Waals surface area contributed by atoms with Crippen molar-refractivity contribution in [3.8, 4) is 0 Å². The Bertz CT molecular complexity index is 521. The van der Waals surface area contributed by atoms with Crippen LogP contribution in [0.3, 0.4) is 0 Å². The minimum Gasteiger partial charge on any atom is -0.258 e. The number of rotatable bonds is 1. The van der Waals surface area contributed by atoms with Crippen molar-refractivity contribution >= 4 is 49.7 Å². The second-order valence-electron chi connectivity index (χ2n) is 2.95. The maximum atomic E-state index is 10.7. The van der Waals surface area contributed by atoms with Crippen LogP contribution in [0.15, 0.2) is 17.5 Å². The second kappa shape index (κ2) is 3.47. The van der Waals surface area contributed by atoms with Crippen molar-refractivity contribution in [2.24, 2.45) is 0 Å². The number of hydrogen-bond donors (Lipinski definition) is 0. The van der Waals surface area contributed by atoms with E-state index in [9.17, 15) is 10.1 Å². The SMILES string of the molecule is Cc1csc2c([N+](=O)[O-])ccc(I)c12. The van der Waals surface area contributed by atoms with E-state index in [0.717, 1.165) is 19.2 Å². The van der Waals surface area contributed by atoms with Crippen LogP contribution < -0.4 is 0 Å². The Morgan fingerprint density at radius 1 is 1.50 bits per heavy atom. The van der Waals surface area contributed by atoms with Gasteiger partial charge < -0.3 is 0 Å². The van der Waals surface area contributed by atoms with Gasteiger partial charge in [-0.2, -0.15) is 0 Å². The fourth-order valence-electron chi connectivity index (χ4n) is 1.38. The van der Waals surface area contributed by atoms with Crippen molar-refractivity contribution in [3.05, 3.63) is 36.8 Å². The molecule has 0 N–H and O–H groups in total. The number of halogens is 1. The normalized spacial score (nSPS) is 10.7. The van der Waals surface area contributed by atoms with Crippen LogP contribution in [0.5, 0.6) is 0 Å². The van der Waals surface area contributed by atoms with Crippen molar-refractivity contribution < 1.29 is 4.92 Å². The van der Waals surface area contributed by atoms with Gasteiger partial charge in [0, 0.05) is 15.0 Å². The van der Waals surface area contributed by atoms with Crippen molar-refractivity contribution in [3.63, 3.8) is 0 Å². The molecule has 0 unspecified atom stereocenters. The molecule has 0 fully saturated rings. The molecule has 1 aromatic heterocycles. The quantitative estimate of drug-likeness (QED) is 0.457. The lowest BCUT2D eigenvalue weighted by Gasteiger charge is -1.97. The monoisotopic (exact) mass is 319 g/mol. The Hall–Kier alpha value is -0.690. The number of aryl methyl sites for hydroxylation is 1. The lowest BCUT2D eigenvalue weighted by molar-refractivity contribution is -0.382. The first-order chi connectivity index (χ1) is 6.61. The maximum absolute atomic E-state index is 10.7. The average Bonchev–Trinajstić information content (AvgIpc) is 2.49. The van der Waals surface area contributed by atoms with E-state index in [0.29, 0.717) is 0 Å². The zero-order valence-corrected chi connectivity index (χ0v) is 10.3. The summed E-state index contributed by atoms with van der Waals surface area (Å²) in [5.41, 5.74) is 1.32. The molecule has 0 radical (unpaired) electrons. The molecule has 2 rings (SSSR count). The molecule has 14 heavy (non-hydrogen) atoms. The van der Waals surface area contributed by atoms with Gasteiger partial charge in [-0.05, 0) is 46.5 Å². The molecule has 5 heteroatoms. The second-order valence-corrected chi connectivity index (χ2v) is 4.99. The number of thiophene rings is 1. The molecule has 0 aliphatic carbocycles. The van der Waals surface area contributed by atoms with Gasteiger partial charge in [-0.3, -0.25) is 10.1 Å². The largest absolute Gasteiger partial charge is 0.287 e. The van der Waals surface area contributed by atoms with Crippen molar-refractivity contribution in [2.45, 2.75) is 6.92 Å². The van der Waals surface area contributed by atoms with Gasteiger partial charge in [-0.15, -0.1) is 11.3 Å². The van der Waals surface area contributed by atoms with Crippen LogP contribution in [0.4, 0.5) is 5.69 Å². The van der Waals surface area contributed by atoms with Gasteiger partial charge in [-0.25, -0.2) is 0 Å². The third kappa shape index (κ3) is 1.40. The summed E-state index contributed by atoms with van der Waals surface area (Å²) in [4.78, 5) is 10.4. The molecule has 0 saturated carbocycles. The summed E-state index contributed by atoms with van der Waals surface area (Å²) < 4.78 is 1.85. The van der Waals surface area contributed by atoms with Gasteiger partial charge in [0.2, 0.25) is 0 Å². The van der Waals surface area contributed by atoms with Gasteiger partial charge in [0.05, 0.1) is 4.92 Å². The molecule has 0 aliphatic heterocycles. The van der Waals surface area contributed by atoms with E-state index in [2.05, 4.69) is 22.6 Å². The zero-order valence-electron chi connectivity index (χ0n) is 7.28. The average molecular weight is 319 g/mol. The minimum atomic E-state index is -0.325. The fraction of sp³-hybridized carbons (Fsp3) is 0.111. The number of hydrogen-bond acceptors (Lipinski definition) is 3. The molecule has 0 amide bonds. The summed E-state index contributed by atoms with van der Waals surface area (Å²) in [7, 11) is 0. The summed E-state index contributed by atoms with van der Waals surface area (Å²) in [6.07, 6.45) is 0. The Balaban J connectivity index is 2.90. The molecule has 0 saturated heterocycles. The van der Waals surface area contributed by atoms with Crippen LogP contribution >= 0.6 is 33.9 Å². The van der Waals surface area contributed by atoms with Crippen LogP contribution in [-0.4, -0.2) is 4.92 Å². The smallest absolute Gasteiger partial charge is 0.258 e. The highest BCUT2D eigenvalue weighted by atomic mass is 127. The highest BCUT2D eigenvalue weighted by Crippen LogP contribution is 2.36. The van der Waals surface area contributed by atoms with E-state index < -0.39 is 0 Å². The zero-order chi connectivity index (χ0) is 10.3. The van der Waals surface area contributed by atoms with Crippen molar-refractivity contribution in [1.29, 1.82) is 0 Å². The first kappa shape index (κ1) is 9.85. The van der Waals surface area contributed by atoms with Gasteiger partial charge in [-0.1, -0.05) is 0 Å². The minimum absolute atomic E-state index is 0.207. The summed E-state index contributed by atoms with van der Waals surface area (Å²) >= 11 is 3.64. The number of fused-ring (bicyclic) bond motifs is 1. The van der Waals surface area contributed by atoms with Gasteiger partial charge >= 0.3 is 0 Å². The molecule has 0 aliphatic rings. The molecule has 1 heterocycles. The summed E-state index contributed by atoms with van der Waals surface area (Å²) in [5, 5.41) is 13.7. The van der Waals surface area contributed by atoms with Crippen molar-refractivity contribution in [2.75, 3.05) is 0 Å². The van der Waals surface area contributed by atoms with E-state index in [1.807, 2.05) is 12.3 Å². The predicted molar refractivity (Wildman–Crippen MR) is 65.9 cm³/mol. The third-order valence-corrected chi connectivity index (χ3v) is 4.05. The molecule has 3 nitrogen and oxygen atoms in total. The first-order valence-electron chi connectivity index (χ1n) is 3.92. The maximum Gasteiger partial charge on any atom is 0.287 e. The van der Waals surface area contributed by atoms with Crippen LogP contribution in [0, 0.1) is 20.6 Å². The number of benzene rings is 1. The van der Waals surface area contributed by atoms with E-state index in [1.165, 1.54) is 11.3 Å². The Kier molecular flexibility index (Phi) is 2.44. The number of nitro benzene ring substituents is 1. The van der Waals surface area contributed by atoms with Crippen LogP contribution in [0.25, 0.3) is 10.1 Å². The number of non-ortho nitro benzene ring substituents is 1. The molecule has 1 aromatic carbocycles. The van der Waals surface area contributed by atoms with E-state index in [1.54, 1.807) is 12.1 Å². The van der Waals surface area contributed by atoms with Crippen molar-refractivity contribution in [1.82, 2.24) is 0 Å². The van der Waals surface area contributed by atoms with Crippen LogP contribution in [0.1, 0.15) is 5.56 Å². The van der Waals surface area contributed by atoms with Gasteiger partial charge in [0.1, 0.15) is 4.70 Å². The Morgan fingerprint density at radius 2 is 2.21 bits per heavy atom.